The fourth-order valence-corrected chi connectivity index (χ4v) is 1.67. The molecule has 86 valence electrons. The van der Waals surface area contributed by atoms with Gasteiger partial charge in [-0.3, -0.25) is 0 Å². The number of hydrogen-bond donors (Lipinski definition) is 1. The van der Waals surface area contributed by atoms with Crippen LogP contribution in [0.25, 0.3) is 5.57 Å². The van der Waals surface area contributed by atoms with Gasteiger partial charge in [-0.25, -0.2) is 4.79 Å². The Morgan fingerprint density at radius 2 is 2.06 bits per heavy atom. The number of methoxy groups -OCH3 is 1. The quantitative estimate of drug-likeness (QED) is 0.500. The summed E-state index contributed by atoms with van der Waals surface area (Å²) in [6.45, 7) is 1.62. The van der Waals surface area contributed by atoms with Crippen molar-refractivity contribution in [1.82, 2.24) is 0 Å². The lowest BCUT2D eigenvalue weighted by Crippen LogP contribution is -2.05. The highest BCUT2D eigenvalue weighted by Crippen LogP contribution is 2.24. The van der Waals surface area contributed by atoms with Crippen molar-refractivity contribution in [1.29, 1.82) is 0 Å². The van der Waals surface area contributed by atoms with Crippen LogP contribution < -0.4 is 0 Å². The zero-order valence-corrected chi connectivity index (χ0v) is 9.91. The van der Waals surface area contributed by atoms with Crippen LogP contribution in [-0.4, -0.2) is 18.2 Å². The normalized spacial score (nSPS) is 11.9. The molecule has 4 heteroatoms. The van der Waals surface area contributed by atoms with Crippen molar-refractivity contribution in [2.24, 2.45) is 0 Å². The van der Waals surface area contributed by atoms with Crippen molar-refractivity contribution >= 4 is 23.1 Å². The lowest BCUT2D eigenvalue weighted by atomic mass is 10.00. The van der Waals surface area contributed by atoms with E-state index < -0.39 is 5.97 Å². The van der Waals surface area contributed by atoms with Crippen LogP contribution >= 0.6 is 11.6 Å². The van der Waals surface area contributed by atoms with Crippen LogP contribution in [0, 0.1) is 0 Å². The van der Waals surface area contributed by atoms with Crippen molar-refractivity contribution in [2.75, 3.05) is 7.11 Å². The minimum absolute atomic E-state index is 0.152. The number of carboxylic acid groups (broad SMARTS) is 1. The van der Waals surface area contributed by atoms with Crippen LogP contribution in [-0.2, 0) is 15.4 Å². The van der Waals surface area contributed by atoms with Gasteiger partial charge in [0.15, 0.2) is 0 Å². The number of carboxylic acids is 1. The first-order valence-electron chi connectivity index (χ1n) is 4.74. The molecule has 1 aromatic rings. The summed E-state index contributed by atoms with van der Waals surface area (Å²) >= 11 is 5.77. The van der Waals surface area contributed by atoms with E-state index >= 15 is 0 Å². The van der Waals surface area contributed by atoms with E-state index in [0.29, 0.717) is 11.3 Å². The molecule has 0 fully saturated rings. The number of alkyl halides is 1. The average Bonchev–Trinajstić information content (AvgIpc) is 2.29. The molecule has 0 heterocycles. The molecule has 0 aliphatic heterocycles. The third-order valence-corrected chi connectivity index (χ3v) is 2.59. The first-order valence-corrected chi connectivity index (χ1v) is 5.27. The molecule has 1 rings (SSSR count). The van der Waals surface area contributed by atoms with E-state index in [2.05, 4.69) is 0 Å². The lowest BCUT2D eigenvalue weighted by Gasteiger charge is -2.10. The Hall–Kier alpha value is -1.48. The second-order valence-corrected chi connectivity index (χ2v) is 3.50. The van der Waals surface area contributed by atoms with Crippen LogP contribution in [0.5, 0.6) is 0 Å². The zero-order chi connectivity index (χ0) is 12.1. The highest BCUT2D eigenvalue weighted by molar-refractivity contribution is 6.19. The minimum Gasteiger partial charge on any atom is -0.500 e. The summed E-state index contributed by atoms with van der Waals surface area (Å²) in [5.74, 6) is -0.383. The molecule has 0 aliphatic rings. The molecule has 16 heavy (non-hydrogen) atoms. The van der Waals surface area contributed by atoms with Gasteiger partial charge in [-0.05, 0) is 18.1 Å². The molecule has 0 aromatic heterocycles. The topological polar surface area (TPSA) is 46.5 Å². The summed E-state index contributed by atoms with van der Waals surface area (Å²) in [7, 11) is 1.45. The Bertz CT molecular complexity index is 424. The Balaban J connectivity index is 3.38. The van der Waals surface area contributed by atoms with Crippen molar-refractivity contribution in [3.05, 3.63) is 41.2 Å². The predicted octanol–water partition coefficient (Wildman–Crippen LogP) is 2.89. The first kappa shape index (κ1) is 12.6. The van der Waals surface area contributed by atoms with Gasteiger partial charge in [-0.2, -0.15) is 0 Å². The molecule has 0 spiro atoms. The number of carbonyl (C=O) groups is 1. The number of rotatable bonds is 4. The number of ether oxygens (including phenoxy) is 1. The summed E-state index contributed by atoms with van der Waals surface area (Å²) in [5, 5.41) is 9.17. The summed E-state index contributed by atoms with van der Waals surface area (Å²) in [5.41, 5.74) is 1.53. The molecule has 1 N–H and O–H groups in total. The third kappa shape index (κ3) is 2.55. The van der Waals surface area contributed by atoms with Crippen LogP contribution in [0.4, 0.5) is 0 Å². The number of allylic oxidation sites excluding steroid dienone is 1. The largest absolute Gasteiger partial charge is 0.500 e. The highest BCUT2D eigenvalue weighted by atomic mass is 35.5. The van der Waals surface area contributed by atoms with Gasteiger partial charge >= 0.3 is 5.97 Å². The van der Waals surface area contributed by atoms with E-state index in [1.807, 2.05) is 6.07 Å². The highest BCUT2D eigenvalue weighted by Gasteiger charge is 2.17. The second kappa shape index (κ2) is 5.56. The van der Waals surface area contributed by atoms with Gasteiger partial charge in [0.05, 0.1) is 7.11 Å². The van der Waals surface area contributed by atoms with E-state index in [0.717, 1.165) is 5.56 Å². The van der Waals surface area contributed by atoms with E-state index in [-0.39, 0.29) is 11.5 Å². The molecule has 0 aliphatic carbocycles. The Morgan fingerprint density at radius 3 is 2.56 bits per heavy atom. The van der Waals surface area contributed by atoms with Gasteiger partial charge in [-0.1, -0.05) is 24.3 Å². The molecule has 0 saturated carbocycles. The molecule has 0 radical (unpaired) electrons. The Labute approximate surface area is 99.3 Å². The average molecular weight is 241 g/mol. The fourth-order valence-electron chi connectivity index (χ4n) is 1.44. The van der Waals surface area contributed by atoms with Crippen molar-refractivity contribution in [2.45, 2.75) is 12.8 Å². The molecular weight excluding hydrogens is 228 g/mol. The van der Waals surface area contributed by atoms with Gasteiger partial charge in [0.25, 0.3) is 0 Å². The maximum absolute atomic E-state index is 11.2. The van der Waals surface area contributed by atoms with E-state index in [1.54, 1.807) is 25.1 Å². The van der Waals surface area contributed by atoms with Crippen molar-refractivity contribution < 1.29 is 14.6 Å². The number of benzene rings is 1. The van der Waals surface area contributed by atoms with E-state index in [9.17, 15) is 4.79 Å². The number of hydrogen-bond acceptors (Lipinski definition) is 2. The molecule has 1 aromatic carbocycles. The second-order valence-electron chi connectivity index (χ2n) is 3.23. The first-order chi connectivity index (χ1) is 7.61. The van der Waals surface area contributed by atoms with Crippen molar-refractivity contribution in [3.63, 3.8) is 0 Å². The summed E-state index contributed by atoms with van der Waals surface area (Å²) in [4.78, 5) is 11.2. The maximum Gasteiger partial charge on any atom is 0.339 e. The van der Waals surface area contributed by atoms with Crippen LogP contribution in [0.1, 0.15) is 18.1 Å². The Morgan fingerprint density at radius 1 is 1.44 bits per heavy atom. The molecule has 3 nitrogen and oxygen atoms in total. The SMILES string of the molecule is CO/C(C)=C(/C(=O)O)c1ccccc1CCl. The monoisotopic (exact) mass is 240 g/mol. The smallest absolute Gasteiger partial charge is 0.339 e. The van der Waals surface area contributed by atoms with Gasteiger partial charge in [0, 0.05) is 5.88 Å². The van der Waals surface area contributed by atoms with Crippen LogP contribution in [0.3, 0.4) is 0 Å². The fraction of sp³-hybridized carbons (Fsp3) is 0.250. The van der Waals surface area contributed by atoms with Crippen LogP contribution in [0.2, 0.25) is 0 Å². The zero-order valence-electron chi connectivity index (χ0n) is 9.16. The standard InChI is InChI=1S/C12H13ClO3/c1-8(16-2)11(12(14)15)10-6-4-3-5-9(10)7-13/h3-6H,7H2,1-2H3,(H,14,15)/b11-8+. The van der Waals surface area contributed by atoms with Crippen LogP contribution in [0.15, 0.2) is 30.0 Å². The number of halogens is 1. The Kier molecular flexibility index (Phi) is 4.38. The number of aliphatic carboxylic acids is 1. The molecule has 0 bridgehead atoms. The third-order valence-electron chi connectivity index (χ3n) is 2.30. The summed E-state index contributed by atoms with van der Waals surface area (Å²) in [6, 6.07) is 7.12. The summed E-state index contributed by atoms with van der Waals surface area (Å²) in [6.07, 6.45) is 0. The molecule has 0 saturated heterocycles. The maximum atomic E-state index is 11.2. The summed E-state index contributed by atoms with van der Waals surface area (Å²) < 4.78 is 4.98. The molecule has 0 unspecified atom stereocenters. The van der Waals surface area contributed by atoms with Gasteiger partial charge in [0.2, 0.25) is 0 Å². The lowest BCUT2D eigenvalue weighted by molar-refractivity contribution is -0.130. The van der Waals surface area contributed by atoms with Gasteiger partial charge in [-0.15, -0.1) is 11.6 Å². The van der Waals surface area contributed by atoms with E-state index in [4.69, 9.17) is 21.4 Å². The van der Waals surface area contributed by atoms with E-state index in [1.165, 1.54) is 7.11 Å². The predicted molar refractivity (Wildman–Crippen MR) is 63.2 cm³/mol. The van der Waals surface area contributed by atoms with Crippen molar-refractivity contribution in [3.8, 4) is 0 Å². The molecule has 0 amide bonds. The minimum atomic E-state index is -1.02. The molecule has 0 atom stereocenters. The molecular formula is C12H13ClO3. The van der Waals surface area contributed by atoms with Gasteiger partial charge in [0.1, 0.15) is 11.3 Å². The van der Waals surface area contributed by atoms with Gasteiger partial charge < -0.3 is 9.84 Å².